The molecule has 2 rings (SSSR count). The van der Waals surface area contributed by atoms with Crippen LogP contribution in [-0.2, 0) is 6.61 Å². The Hall–Kier alpha value is -1.51. The maximum Gasteiger partial charge on any atom is 0.294 e. The van der Waals surface area contributed by atoms with Gasteiger partial charge in [0.15, 0.2) is 5.01 Å². The second kappa shape index (κ2) is 6.09. The van der Waals surface area contributed by atoms with Gasteiger partial charge in [0, 0.05) is 11.4 Å². The van der Waals surface area contributed by atoms with Gasteiger partial charge in [-0.1, -0.05) is 0 Å². The maximum atomic E-state index is 13.0. The summed E-state index contributed by atoms with van der Waals surface area (Å²) < 4.78 is 19.1. The van der Waals surface area contributed by atoms with Crippen molar-refractivity contribution in [2.75, 3.05) is 0 Å². The van der Waals surface area contributed by atoms with Gasteiger partial charge in [0.05, 0.1) is 10.2 Å². The molecule has 0 bridgehead atoms. The van der Waals surface area contributed by atoms with Crippen LogP contribution in [0.15, 0.2) is 28.1 Å². The number of carbonyl (C=O) groups excluding carboxylic acids is 1. The molecule has 0 radical (unpaired) electrons. The highest BCUT2D eigenvalue weighted by molar-refractivity contribution is 9.10. The quantitative estimate of drug-likeness (QED) is 0.506. The zero-order chi connectivity index (χ0) is 13.8. The molecule has 1 heterocycles. The van der Waals surface area contributed by atoms with E-state index in [9.17, 15) is 9.18 Å². The predicted molar refractivity (Wildman–Crippen MR) is 72.2 cm³/mol. The third-order valence-electron chi connectivity index (χ3n) is 2.15. The van der Waals surface area contributed by atoms with E-state index in [1.54, 1.807) is 11.4 Å². The van der Waals surface area contributed by atoms with E-state index in [0.717, 1.165) is 11.3 Å². The lowest BCUT2D eigenvalue weighted by Gasteiger charge is -2.06. The lowest BCUT2D eigenvalue weighted by Crippen LogP contribution is -2.29. The monoisotopic (exact) mass is 345 g/mol. The van der Waals surface area contributed by atoms with Gasteiger partial charge < -0.3 is 4.74 Å². The molecular weight excluding hydrogens is 337 g/mol. The molecule has 1 aromatic heterocycles. The smallest absolute Gasteiger partial charge is 0.294 e. The van der Waals surface area contributed by atoms with Crippen LogP contribution in [0.2, 0.25) is 0 Å². The molecule has 0 saturated carbocycles. The zero-order valence-corrected chi connectivity index (χ0v) is 11.9. The summed E-state index contributed by atoms with van der Waals surface area (Å²) in [6.45, 7) is 0.135. The minimum absolute atomic E-state index is 0.135. The highest BCUT2D eigenvalue weighted by Crippen LogP contribution is 2.26. The third-order valence-corrected chi connectivity index (χ3v) is 3.69. The second-order valence-corrected chi connectivity index (χ2v) is 5.19. The van der Waals surface area contributed by atoms with Crippen LogP contribution in [-0.4, -0.2) is 10.9 Å². The van der Waals surface area contributed by atoms with Crippen molar-refractivity contribution in [1.29, 1.82) is 0 Å². The summed E-state index contributed by atoms with van der Waals surface area (Å²) in [5.41, 5.74) is 2.57. The van der Waals surface area contributed by atoms with Crippen LogP contribution >= 0.6 is 27.3 Å². The van der Waals surface area contributed by atoms with Crippen molar-refractivity contribution in [1.82, 2.24) is 10.4 Å². The van der Waals surface area contributed by atoms with Crippen LogP contribution in [0, 0.1) is 5.82 Å². The maximum absolute atomic E-state index is 13.0. The van der Waals surface area contributed by atoms with Gasteiger partial charge in [-0.3, -0.25) is 10.2 Å². The zero-order valence-electron chi connectivity index (χ0n) is 9.52. The Bertz CT molecular complexity index is 605. The van der Waals surface area contributed by atoms with Gasteiger partial charge in [0.1, 0.15) is 18.2 Å². The van der Waals surface area contributed by atoms with Crippen LogP contribution in [0.25, 0.3) is 0 Å². The fraction of sp³-hybridized carbons (Fsp3) is 0.0909. The summed E-state index contributed by atoms with van der Waals surface area (Å²) in [4.78, 5) is 15.3. The molecule has 5 nitrogen and oxygen atoms in total. The van der Waals surface area contributed by atoms with Crippen LogP contribution in [0.3, 0.4) is 0 Å². The largest absolute Gasteiger partial charge is 0.486 e. The van der Waals surface area contributed by atoms with Gasteiger partial charge >= 0.3 is 0 Å². The average molecular weight is 346 g/mol. The molecule has 1 aromatic carbocycles. The minimum atomic E-state index is -0.455. The number of carbonyl (C=O) groups is 1. The predicted octanol–water partition coefficient (Wildman–Crippen LogP) is 2.23. The van der Waals surface area contributed by atoms with Crippen molar-refractivity contribution < 1.29 is 13.9 Å². The number of nitrogen functional groups attached to an aromatic ring is 1. The van der Waals surface area contributed by atoms with Crippen LogP contribution in [0.5, 0.6) is 5.75 Å². The van der Waals surface area contributed by atoms with Crippen molar-refractivity contribution in [3.63, 3.8) is 0 Å². The lowest BCUT2D eigenvalue weighted by molar-refractivity contribution is 0.0953. The van der Waals surface area contributed by atoms with E-state index < -0.39 is 5.91 Å². The Balaban J connectivity index is 2.04. The Morgan fingerprint density at radius 1 is 1.58 bits per heavy atom. The summed E-state index contributed by atoms with van der Waals surface area (Å²) in [5.74, 6) is 4.53. The van der Waals surface area contributed by atoms with E-state index in [1.807, 2.05) is 5.43 Å². The highest BCUT2D eigenvalue weighted by atomic mass is 79.9. The molecular formula is C11H9BrFN3O2S. The summed E-state index contributed by atoms with van der Waals surface area (Å²) >= 11 is 4.41. The Labute approximate surface area is 120 Å². The number of thiazole rings is 1. The molecule has 3 N–H and O–H groups in total. The molecule has 0 spiro atoms. The molecule has 0 aliphatic rings. The molecule has 0 aliphatic heterocycles. The number of amides is 1. The van der Waals surface area contributed by atoms with E-state index in [-0.39, 0.29) is 17.4 Å². The van der Waals surface area contributed by atoms with Crippen molar-refractivity contribution in [2.24, 2.45) is 5.84 Å². The first-order valence-electron chi connectivity index (χ1n) is 5.13. The molecule has 2 aromatic rings. The minimum Gasteiger partial charge on any atom is -0.486 e. The molecule has 0 saturated heterocycles. The van der Waals surface area contributed by atoms with Gasteiger partial charge in [0.25, 0.3) is 5.91 Å². The van der Waals surface area contributed by atoms with E-state index in [4.69, 9.17) is 10.6 Å². The third kappa shape index (κ3) is 3.49. The Morgan fingerprint density at radius 3 is 3.11 bits per heavy atom. The number of nitrogens with one attached hydrogen (secondary N) is 1. The van der Waals surface area contributed by atoms with Crippen molar-refractivity contribution in [3.8, 4) is 5.75 Å². The fourth-order valence-corrected chi connectivity index (χ4v) is 2.34. The molecule has 0 aliphatic carbocycles. The first kappa shape index (κ1) is 13.9. The van der Waals surface area contributed by atoms with Crippen molar-refractivity contribution in [3.05, 3.63) is 44.6 Å². The first-order valence-corrected chi connectivity index (χ1v) is 6.80. The van der Waals surface area contributed by atoms with E-state index in [2.05, 4.69) is 20.9 Å². The summed E-state index contributed by atoms with van der Waals surface area (Å²) in [6, 6.07) is 4.15. The van der Waals surface area contributed by atoms with Crippen molar-refractivity contribution >= 4 is 33.2 Å². The van der Waals surface area contributed by atoms with Gasteiger partial charge in [-0.15, -0.1) is 11.3 Å². The van der Waals surface area contributed by atoms with Gasteiger partial charge in [-0.2, -0.15) is 0 Å². The number of hydrogen-bond acceptors (Lipinski definition) is 5. The molecule has 0 fully saturated rings. The number of nitrogens with zero attached hydrogens (tertiary/aromatic N) is 1. The highest BCUT2D eigenvalue weighted by Gasteiger charge is 2.10. The van der Waals surface area contributed by atoms with Crippen LogP contribution in [0.1, 0.15) is 15.5 Å². The SMILES string of the molecule is NNC(=O)c1nc(COc2cc(F)ccc2Br)cs1. The van der Waals surface area contributed by atoms with Crippen LogP contribution in [0.4, 0.5) is 4.39 Å². The Kier molecular flexibility index (Phi) is 4.46. The molecule has 0 unspecified atom stereocenters. The molecule has 19 heavy (non-hydrogen) atoms. The van der Waals surface area contributed by atoms with Gasteiger partial charge in [0.2, 0.25) is 0 Å². The fourth-order valence-electron chi connectivity index (χ4n) is 1.28. The number of ether oxygens (including phenoxy) is 1. The molecule has 100 valence electrons. The number of aromatic nitrogens is 1. The number of rotatable bonds is 4. The number of hydrogen-bond donors (Lipinski definition) is 2. The van der Waals surface area contributed by atoms with Gasteiger partial charge in [-0.05, 0) is 28.1 Å². The molecule has 1 amide bonds. The van der Waals surface area contributed by atoms with E-state index >= 15 is 0 Å². The number of nitrogens with two attached hydrogens (primary N) is 1. The van der Waals surface area contributed by atoms with Gasteiger partial charge in [-0.25, -0.2) is 15.2 Å². The Morgan fingerprint density at radius 2 is 2.37 bits per heavy atom. The summed E-state index contributed by atoms with van der Waals surface area (Å²) in [5, 5.41) is 1.93. The average Bonchev–Trinajstić information content (AvgIpc) is 2.88. The summed E-state index contributed by atoms with van der Waals surface area (Å²) in [6.07, 6.45) is 0. The number of benzene rings is 1. The van der Waals surface area contributed by atoms with E-state index in [1.165, 1.54) is 12.1 Å². The normalized spacial score (nSPS) is 10.3. The van der Waals surface area contributed by atoms with E-state index in [0.29, 0.717) is 15.9 Å². The summed E-state index contributed by atoms with van der Waals surface area (Å²) in [7, 11) is 0. The van der Waals surface area contributed by atoms with Crippen molar-refractivity contribution in [2.45, 2.75) is 6.61 Å². The second-order valence-electron chi connectivity index (χ2n) is 3.48. The topological polar surface area (TPSA) is 77.2 Å². The molecule has 8 heteroatoms. The molecule has 0 atom stereocenters. The standard InChI is InChI=1S/C11H9BrFN3O2S/c12-8-2-1-6(13)3-9(8)18-4-7-5-19-11(15-7)10(17)16-14/h1-3,5H,4,14H2,(H,16,17). The first-order chi connectivity index (χ1) is 9.10. The number of halogens is 2. The van der Waals surface area contributed by atoms with Crippen LogP contribution < -0.4 is 16.0 Å². The number of hydrazine groups is 1. The lowest BCUT2D eigenvalue weighted by atomic mass is 10.3.